The first kappa shape index (κ1) is 13.9. The Morgan fingerprint density at radius 1 is 1.47 bits per heavy atom. The second kappa shape index (κ2) is 4.53. The fraction of sp³-hybridized carbons (Fsp3) is 0.429. The van der Waals surface area contributed by atoms with E-state index in [1.54, 1.807) is 13.8 Å². The van der Waals surface area contributed by atoms with E-state index in [1.807, 2.05) is 36.6 Å². The van der Waals surface area contributed by atoms with Gasteiger partial charge in [0.2, 0.25) is 5.91 Å². The van der Waals surface area contributed by atoms with Crippen LogP contribution in [0.4, 0.5) is 0 Å². The van der Waals surface area contributed by atoms with Crippen molar-refractivity contribution in [2.75, 3.05) is 0 Å². The summed E-state index contributed by atoms with van der Waals surface area (Å²) < 4.78 is 1.84. The number of aryl methyl sites for hydroxylation is 1. The lowest BCUT2D eigenvalue weighted by atomic mass is 10.0. The maximum absolute atomic E-state index is 11.7. The van der Waals surface area contributed by atoms with E-state index in [1.165, 1.54) is 0 Å². The highest BCUT2D eigenvalue weighted by molar-refractivity contribution is 6.20. The molecule has 0 bridgehead atoms. The predicted molar refractivity (Wildman–Crippen MR) is 77.3 cm³/mol. The van der Waals surface area contributed by atoms with Crippen LogP contribution in [0.3, 0.4) is 0 Å². The Morgan fingerprint density at radius 2 is 2.11 bits per heavy atom. The minimum Gasteiger partial charge on any atom is -0.368 e. The first-order valence-corrected chi connectivity index (χ1v) is 6.62. The average Bonchev–Trinajstić information content (AvgIpc) is 2.67. The van der Waals surface area contributed by atoms with Crippen LogP contribution >= 0.6 is 11.6 Å². The van der Waals surface area contributed by atoms with Crippen LogP contribution in [0.5, 0.6) is 0 Å². The van der Waals surface area contributed by atoms with Crippen molar-refractivity contribution >= 4 is 28.5 Å². The molecular formula is C14H18ClN3O. The normalized spacial score (nSPS) is 13.7. The molecular weight excluding hydrogens is 262 g/mol. The molecule has 2 N–H and O–H groups in total. The summed E-state index contributed by atoms with van der Waals surface area (Å²) in [6.45, 7) is 7.39. The van der Waals surface area contributed by atoms with Crippen LogP contribution in [0.2, 0.25) is 0 Å². The Balaban J connectivity index is 2.83. The van der Waals surface area contributed by atoms with Gasteiger partial charge in [0.15, 0.2) is 0 Å². The van der Waals surface area contributed by atoms with Crippen LogP contribution < -0.4 is 5.73 Å². The van der Waals surface area contributed by atoms with E-state index in [2.05, 4.69) is 4.98 Å². The van der Waals surface area contributed by atoms with Gasteiger partial charge in [0.1, 0.15) is 11.4 Å². The van der Waals surface area contributed by atoms with Crippen LogP contribution in [-0.2, 0) is 10.3 Å². The molecule has 19 heavy (non-hydrogen) atoms. The molecule has 0 saturated heterocycles. The van der Waals surface area contributed by atoms with Crippen LogP contribution in [-0.4, -0.2) is 15.5 Å². The standard InChI is InChI=1S/C14H18ClN3O/c1-8-5-6-11-10(7-8)17-12(9(2)15)18(11)14(3,4)13(16)19/h5-7,9H,1-4H3,(H2,16,19). The number of hydrogen-bond donors (Lipinski definition) is 1. The molecule has 1 aromatic heterocycles. The summed E-state index contributed by atoms with van der Waals surface area (Å²) in [6.07, 6.45) is 0. The number of alkyl halides is 1. The zero-order valence-electron chi connectivity index (χ0n) is 11.6. The lowest BCUT2D eigenvalue weighted by Gasteiger charge is -2.26. The summed E-state index contributed by atoms with van der Waals surface area (Å²) in [5.41, 5.74) is 7.46. The zero-order valence-corrected chi connectivity index (χ0v) is 12.3. The number of amides is 1. The lowest BCUT2D eigenvalue weighted by molar-refractivity contribution is -0.125. The van der Waals surface area contributed by atoms with E-state index in [0.29, 0.717) is 5.82 Å². The summed E-state index contributed by atoms with van der Waals surface area (Å²) in [6, 6.07) is 5.91. The number of carbonyl (C=O) groups is 1. The maximum atomic E-state index is 11.7. The summed E-state index contributed by atoms with van der Waals surface area (Å²) in [5.74, 6) is 0.247. The summed E-state index contributed by atoms with van der Waals surface area (Å²) >= 11 is 6.19. The minimum atomic E-state index is -0.873. The Bertz CT molecular complexity index is 643. The summed E-state index contributed by atoms with van der Waals surface area (Å²) in [5, 5.41) is -0.300. The molecule has 5 heteroatoms. The van der Waals surface area contributed by atoms with Crippen molar-refractivity contribution in [1.82, 2.24) is 9.55 Å². The van der Waals surface area contributed by atoms with E-state index in [-0.39, 0.29) is 5.38 Å². The molecule has 0 aliphatic rings. The number of hydrogen-bond acceptors (Lipinski definition) is 2. The Hall–Kier alpha value is -1.55. The molecule has 2 aromatic rings. The number of rotatable bonds is 3. The number of carbonyl (C=O) groups excluding carboxylic acids is 1. The predicted octanol–water partition coefficient (Wildman–Crippen LogP) is 2.86. The number of aromatic nitrogens is 2. The molecule has 1 aromatic carbocycles. The Kier molecular flexibility index (Phi) is 3.31. The number of benzene rings is 1. The van der Waals surface area contributed by atoms with E-state index >= 15 is 0 Å². The average molecular weight is 280 g/mol. The fourth-order valence-electron chi connectivity index (χ4n) is 2.17. The van der Waals surface area contributed by atoms with Crippen molar-refractivity contribution in [3.8, 4) is 0 Å². The van der Waals surface area contributed by atoms with E-state index < -0.39 is 11.4 Å². The van der Waals surface area contributed by atoms with Crippen molar-refractivity contribution in [3.63, 3.8) is 0 Å². The van der Waals surface area contributed by atoms with Crippen LogP contribution in [0, 0.1) is 6.92 Å². The largest absolute Gasteiger partial charge is 0.368 e. The molecule has 1 unspecified atom stereocenters. The summed E-state index contributed by atoms with van der Waals surface area (Å²) in [7, 11) is 0. The Labute approximate surface area is 117 Å². The highest BCUT2D eigenvalue weighted by Gasteiger charge is 2.32. The van der Waals surface area contributed by atoms with Gasteiger partial charge in [-0.25, -0.2) is 4.98 Å². The quantitative estimate of drug-likeness (QED) is 0.878. The van der Waals surface area contributed by atoms with Crippen molar-refractivity contribution < 1.29 is 4.79 Å². The molecule has 2 rings (SSSR count). The molecule has 102 valence electrons. The number of imidazole rings is 1. The molecule has 1 atom stereocenters. The Morgan fingerprint density at radius 3 is 2.63 bits per heavy atom. The van der Waals surface area contributed by atoms with Gasteiger partial charge in [0.05, 0.1) is 16.4 Å². The number of halogens is 1. The molecule has 0 aliphatic heterocycles. The van der Waals surface area contributed by atoms with E-state index in [0.717, 1.165) is 16.6 Å². The van der Waals surface area contributed by atoms with Gasteiger partial charge in [-0.3, -0.25) is 4.79 Å². The highest BCUT2D eigenvalue weighted by Crippen LogP contribution is 2.31. The highest BCUT2D eigenvalue weighted by atomic mass is 35.5. The fourth-order valence-corrected chi connectivity index (χ4v) is 2.32. The second-order valence-corrected chi connectivity index (χ2v) is 5.99. The molecule has 0 fully saturated rings. The van der Waals surface area contributed by atoms with E-state index in [4.69, 9.17) is 17.3 Å². The molecule has 0 saturated carbocycles. The minimum absolute atomic E-state index is 0.300. The summed E-state index contributed by atoms with van der Waals surface area (Å²) in [4.78, 5) is 16.3. The SMILES string of the molecule is Cc1ccc2c(c1)nc(C(C)Cl)n2C(C)(C)C(N)=O. The first-order valence-electron chi connectivity index (χ1n) is 6.18. The molecule has 0 aliphatic carbocycles. The van der Waals surface area contributed by atoms with Gasteiger partial charge in [0, 0.05) is 0 Å². The third-order valence-electron chi connectivity index (χ3n) is 3.35. The van der Waals surface area contributed by atoms with Gasteiger partial charge in [-0.2, -0.15) is 0 Å². The smallest absolute Gasteiger partial charge is 0.243 e. The number of fused-ring (bicyclic) bond motifs is 1. The van der Waals surface area contributed by atoms with Gasteiger partial charge in [-0.1, -0.05) is 6.07 Å². The molecule has 0 radical (unpaired) electrons. The molecule has 1 amide bonds. The zero-order chi connectivity index (χ0) is 14.4. The third kappa shape index (κ3) is 2.21. The third-order valence-corrected chi connectivity index (χ3v) is 3.55. The van der Waals surface area contributed by atoms with Crippen molar-refractivity contribution in [2.24, 2.45) is 5.73 Å². The number of nitrogens with two attached hydrogens (primary N) is 1. The van der Waals surface area contributed by atoms with Crippen LogP contribution in [0.25, 0.3) is 11.0 Å². The van der Waals surface area contributed by atoms with Gasteiger partial charge in [-0.05, 0) is 45.4 Å². The number of primary amides is 1. The van der Waals surface area contributed by atoms with E-state index in [9.17, 15) is 4.79 Å². The second-order valence-electron chi connectivity index (χ2n) is 5.34. The van der Waals surface area contributed by atoms with Crippen molar-refractivity contribution in [2.45, 2.75) is 38.6 Å². The van der Waals surface area contributed by atoms with Gasteiger partial charge < -0.3 is 10.3 Å². The first-order chi connectivity index (χ1) is 8.75. The van der Waals surface area contributed by atoms with Crippen LogP contribution in [0.1, 0.15) is 37.5 Å². The molecule has 1 heterocycles. The number of nitrogens with zero attached hydrogens (tertiary/aromatic N) is 2. The van der Waals surface area contributed by atoms with Gasteiger partial charge in [-0.15, -0.1) is 11.6 Å². The molecule has 4 nitrogen and oxygen atoms in total. The van der Waals surface area contributed by atoms with Gasteiger partial charge >= 0.3 is 0 Å². The molecule has 0 spiro atoms. The monoisotopic (exact) mass is 279 g/mol. The van der Waals surface area contributed by atoms with Crippen molar-refractivity contribution in [1.29, 1.82) is 0 Å². The maximum Gasteiger partial charge on any atom is 0.243 e. The topological polar surface area (TPSA) is 60.9 Å². The van der Waals surface area contributed by atoms with Crippen LogP contribution in [0.15, 0.2) is 18.2 Å². The lowest BCUT2D eigenvalue weighted by Crippen LogP contribution is -2.42. The van der Waals surface area contributed by atoms with Gasteiger partial charge in [0.25, 0.3) is 0 Å². The van der Waals surface area contributed by atoms with Crippen molar-refractivity contribution in [3.05, 3.63) is 29.6 Å².